The number of rotatable bonds is 3. The molecule has 0 radical (unpaired) electrons. The van der Waals surface area contributed by atoms with E-state index >= 15 is 0 Å². The summed E-state index contributed by atoms with van der Waals surface area (Å²) in [7, 11) is 1.61. The standard InChI is InChI=1S/C15H11N3O2S/c1-9-3-5-11(12(7-9)19-2)14-17-15(20-18-14)13-6-4-10(8-16)21-13/h3-7H,1-2H3. The Morgan fingerprint density at radius 1 is 1.29 bits per heavy atom. The number of hydrogen-bond acceptors (Lipinski definition) is 6. The molecule has 0 spiro atoms. The highest BCUT2D eigenvalue weighted by atomic mass is 32.1. The van der Waals surface area contributed by atoms with Crippen LogP contribution in [-0.2, 0) is 0 Å². The van der Waals surface area contributed by atoms with Crippen molar-refractivity contribution in [3.8, 4) is 34.0 Å². The number of nitriles is 1. The van der Waals surface area contributed by atoms with Crippen LogP contribution in [-0.4, -0.2) is 17.3 Å². The summed E-state index contributed by atoms with van der Waals surface area (Å²) in [6.07, 6.45) is 0. The average molecular weight is 297 g/mol. The first-order valence-corrected chi connectivity index (χ1v) is 7.02. The van der Waals surface area contributed by atoms with E-state index in [1.54, 1.807) is 19.2 Å². The zero-order valence-corrected chi connectivity index (χ0v) is 12.3. The molecule has 21 heavy (non-hydrogen) atoms. The van der Waals surface area contributed by atoms with Gasteiger partial charge in [0, 0.05) is 0 Å². The fourth-order valence-electron chi connectivity index (χ4n) is 1.93. The number of methoxy groups -OCH3 is 1. The molecule has 1 aromatic carbocycles. The van der Waals surface area contributed by atoms with Gasteiger partial charge in [-0.25, -0.2) is 0 Å². The molecule has 0 aliphatic rings. The fraction of sp³-hybridized carbons (Fsp3) is 0.133. The van der Waals surface area contributed by atoms with Crippen molar-refractivity contribution in [2.75, 3.05) is 7.11 Å². The van der Waals surface area contributed by atoms with Gasteiger partial charge < -0.3 is 9.26 Å². The Kier molecular flexibility index (Phi) is 3.42. The van der Waals surface area contributed by atoms with E-state index in [0.29, 0.717) is 22.3 Å². The minimum atomic E-state index is 0.402. The minimum absolute atomic E-state index is 0.402. The molecule has 0 bridgehead atoms. The van der Waals surface area contributed by atoms with Gasteiger partial charge in [-0.1, -0.05) is 11.2 Å². The van der Waals surface area contributed by atoms with E-state index < -0.39 is 0 Å². The number of nitrogens with zero attached hydrogens (tertiary/aromatic N) is 3. The number of aromatic nitrogens is 2. The Balaban J connectivity index is 2.00. The Morgan fingerprint density at radius 2 is 2.14 bits per heavy atom. The molecule has 0 saturated carbocycles. The third-order valence-electron chi connectivity index (χ3n) is 2.95. The summed E-state index contributed by atoms with van der Waals surface area (Å²) in [5.74, 6) is 1.57. The summed E-state index contributed by atoms with van der Waals surface area (Å²) >= 11 is 1.32. The predicted molar refractivity (Wildman–Crippen MR) is 79.1 cm³/mol. The largest absolute Gasteiger partial charge is 0.496 e. The van der Waals surface area contributed by atoms with Gasteiger partial charge >= 0.3 is 0 Å². The highest BCUT2D eigenvalue weighted by Gasteiger charge is 2.15. The number of ether oxygens (including phenoxy) is 1. The maximum Gasteiger partial charge on any atom is 0.268 e. The molecule has 104 valence electrons. The van der Waals surface area contributed by atoms with E-state index in [2.05, 4.69) is 16.2 Å². The lowest BCUT2D eigenvalue weighted by molar-refractivity contribution is 0.413. The molecule has 0 atom stereocenters. The smallest absolute Gasteiger partial charge is 0.268 e. The lowest BCUT2D eigenvalue weighted by Crippen LogP contribution is -1.90. The molecule has 2 heterocycles. The van der Waals surface area contributed by atoms with E-state index in [4.69, 9.17) is 14.5 Å². The quantitative estimate of drug-likeness (QED) is 0.737. The highest BCUT2D eigenvalue weighted by molar-refractivity contribution is 7.15. The number of aryl methyl sites for hydroxylation is 1. The van der Waals surface area contributed by atoms with Crippen LogP contribution in [0.4, 0.5) is 0 Å². The van der Waals surface area contributed by atoms with Crippen LogP contribution in [0.1, 0.15) is 10.4 Å². The maximum atomic E-state index is 8.85. The molecule has 0 N–H and O–H groups in total. The molecule has 0 unspecified atom stereocenters. The van der Waals surface area contributed by atoms with E-state index in [9.17, 15) is 0 Å². The lowest BCUT2D eigenvalue weighted by atomic mass is 10.1. The van der Waals surface area contributed by atoms with Gasteiger partial charge in [-0.05, 0) is 36.8 Å². The van der Waals surface area contributed by atoms with E-state index in [-0.39, 0.29) is 0 Å². The fourth-order valence-corrected chi connectivity index (χ4v) is 2.65. The molecule has 0 aliphatic heterocycles. The highest BCUT2D eigenvalue weighted by Crippen LogP contribution is 2.32. The van der Waals surface area contributed by atoms with Crippen LogP contribution in [0.5, 0.6) is 5.75 Å². The Hall–Kier alpha value is -2.65. The van der Waals surface area contributed by atoms with Gasteiger partial charge in [0.2, 0.25) is 5.82 Å². The van der Waals surface area contributed by atoms with Crippen molar-refractivity contribution >= 4 is 11.3 Å². The van der Waals surface area contributed by atoms with Crippen LogP contribution in [0.2, 0.25) is 0 Å². The second kappa shape index (κ2) is 5.38. The molecule has 0 saturated heterocycles. The van der Waals surface area contributed by atoms with Crippen molar-refractivity contribution < 1.29 is 9.26 Å². The normalized spacial score (nSPS) is 10.3. The minimum Gasteiger partial charge on any atom is -0.496 e. The summed E-state index contributed by atoms with van der Waals surface area (Å²) in [4.78, 5) is 5.76. The average Bonchev–Trinajstić information content (AvgIpc) is 3.15. The molecule has 6 heteroatoms. The molecular weight excluding hydrogens is 286 g/mol. The van der Waals surface area contributed by atoms with Crippen LogP contribution >= 0.6 is 11.3 Å². The van der Waals surface area contributed by atoms with Crippen LogP contribution in [0.25, 0.3) is 22.2 Å². The van der Waals surface area contributed by atoms with E-state index in [0.717, 1.165) is 16.0 Å². The van der Waals surface area contributed by atoms with Crippen molar-refractivity contribution in [2.45, 2.75) is 6.92 Å². The Bertz CT molecular complexity index is 830. The predicted octanol–water partition coefficient (Wildman–Crippen LogP) is 3.65. The van der Waals surface area contributed by atoms with Gasteiger partial charge in [-0.15, -0.1) is 11.3 Å². The zero-order valence-electron chi connectivity index (χ0n) is 11.5. The number of benzene rings is 1. The van der Waals surface area contributed by atoms with Gasteiger partial charge in [0.1, 0.15) is 16.7 Å². The summed E-state index contributed by atoms with van der Waals surface area (Å²) in [6, 6.07) is 11.4. The summed E-state index contributed by atoms with van der Waals surface area (Å²) in [5.41, 5.74) is 1.87. The Morgan fingerprint density at radius 3 is 2.86 bits per heavy atom. The molecule has 3 aromatic rings. The first kappa shape index (κ1) is 13.3. The van der Waals surface area contributed by atoms with Crippen LogP contribution in [0.3, 0.4) is 0 Å². The summed E-state index contributed by atoms with van der Waals surface area (Å²) < 4.78 is 10.6. The summed E-state index contributed by atoms with van der Waals surface area (Å²) in [6.45, 7) is 1.99. The van der Waals surface area contributed by atoms with Crippen molar-refractivity contribution in [1.29, 1.82) is 5.26 Å². The first-order chi connectivity index (χ1) is 10.2. The van der Waals surface area contributed by atoms with E-state index in [1.807, 2.05) is 25.1 Å². The second-order valence-corrected chi connectivity index (χ2v) is 5.49. The maximum absolute atomic E-state index is 8.85. The van der Waals surface area contributed by atoms with Gasteiger partial charge in [-0.3, -0.25) is 0 Å². The molecule has 5 nitrogen and oxygen atoms in total. The van der Waals surface area contributed by atoms with Gasteiger partial charge in [0.05, 0.1) is 17.6 Å². The van der Waals surface area contributed by atoms with Gasteiger partial charge in [0.15, 0.2) is 0 Å². The Labute approximate surface area is 125 Å². The topological polar surface area (TPSA) is 71.9 Å². The van der Waals surface area contributed by atoms with Gasteiger partial charge in [0.25, 0.3) is 5.89 Å². The van der Waals surface area contributed by atoms with Gasteiger partial charge in [-0.2, -0.15) is 10.2 Å². The van der Waals surface area contributed by atoms with E-state index in [1.165, 1.54) is 11.3 Å². The third-order valence-corrected chi connectivity index (χ3v) is 3.93. The van der Waals surface area contributed by atoms with Crippen molar-refractivity contribution in [2.24, 2.45) is 0 Å². The third kappa shape index (κ3) is 2.51. The van der Waals surface area contributed by atoms with Crippen LogP contribution in [0, 0.1) is 18.3 Å². The molecular formula is C15H11N3O2S. The monoisotopic (exact) mass is 297 g/mol. The van der Waals surface area contributed by atoms with Crippen LogP contribution < -0.4 is 4.74 Å². The summed E-state index contributed by atoms with van der Waals surface area (Å²) in [5, 5.41) is 12.8. The molecule has 0 fully saturated rings. The molecule has 0 aliphatic carbocycles. The van der Waals surface area contributed by atoms with Crippen LogP contribution in [0.15, 0.2) is 34.9 Å². The lowest BCUT2D eigenvalue weighted by Gasteiger charge is -2.05. The zero-order chi connectivity index (χ0) is 14.8. The first-order valence-electron chi connectivity index (χ1n) is 6.20. The molecule has 3 rings (SSSR count). The van der Waals surface area contributed by atoms with Crippen molar-refractivity contribution in [3.05, 3.63) is 40.8 Å². The number of thiophene rings is 1. The number of hydrogen-bond donors (Lipinski definition) is 0. The SMILES string of the molecule is COc1cc(C)ccc1-c1noc(-c2ccc(C#N)s2)n1. The molecule has 0 amide bonds. The molecule has 2 aromatic heterocycles. The second-order valence-electron chi connectivity index (χ2n) is 4.40. The van der Waals surface area contributed by atoms with Crippen molar-refractivity contribution in [3.63, 3.8) is 0 Å². The van der Waals surface area contributed by atoms with Crippen molar-refractivity contribution in [1.82, 2.24) is 10.1 Å².